The lowest BCUT2D eigenvalue weighted by molar-refractivity contribution is -0.124. The Kier molecular flexibility index (Phi) is 5.66. The maximum atomic E-state index is 12.7. The summed E-state index contributed by atoms with van der Waals surface area (Å²) in [5.41, 5.74) is 2.98. The summed E-state index contributed by atoms with van der Waals surface area (Å²) in [4.78, 5) is 25.0. The zero-order valence-corrected chi connectivity index (χ0v) is 16.6. The van der Waals surface area contributed by atoms with E-state index in [0.29, 0.717) is 30.0 Å². The van der Waals surface area contributed by atoms with E-state index in [0.717, 1.165) is 11.1 Å². The number of aromatic nitrogens is 1. The van der Waals surface area contributed by atoms with Gasteiger partial charge >= 0.3 is 5.76 Å². The van der Waals surface area contributed by atoms with Gasteiger partial charge in [0.15, 0.2) is 5.58 Å². The van der Waals surface area contributed by atoms with Crippen molar-refractivity contribution in [2.45, 2.75) is 26.1 Å². The van der Waals surface area contributed by atoms with Crippen LogP contribution in [0.15, 0.2) is 88.1 Å². The SMILES string of the molecule is CC(C(=O)NCc1ccccc1OCc1ccccc1)n1c(=O)oc2ccccc21. The maximum Gasteiger partial charge on any atom is 0.420 e. The van der Waals surface area contributed by atoms with Crippen LogP contribution in [0.2, 0.25) is 0 Å². The molecule has 0 bridgehead atoms. The number of carbonyl (C=O) groups is 1. The minimum Gasteiger partial charge on any atom is -0.489 e. The number of carbonyl (C=O) groups excluding carboxylic acids is 1. The van der Waals surface area contributed by atoms with Crippen molar-refractivity contribution in [2.75, 3.05) is 0 Å². The second kappa shape index (κ2) is 8.69. The molecule has 0 radical (unpaired) electrons. The summed E-state index contributed by atoms with van der Waals surface area (Å²) >= 11 is 0. The summed E-state index contributed by atoms with van der Waals surface area (Å²) in [5.74, 6) is -0.118. The van der Waals surface area contributed by atoms with Crippen LogP contribution >= 0.6 is 0 Å². The Bertz CT molecular complexity index is 1210. The second-order valence-electron chi connectivity index (χ2n) is 6.98. The van der Waals surface area contributed by atoms with Crippen LogP contribution in [0.5, 0.6) is 5.75 Å². The third-order valence-corrected chi connectivity index (χ3v) is 4.95. The van der Waals surface area contributed by atoms with Crippen LogP contribution in [0.25, 0.3) is 11.1 Å². The molecule has 6 heteroatoms. The monoisotopic (exact) mass is 402 g/mol. The normalized spacial score (nSPS) is 11.9. The van der Waals surface area contributed by atoms with Gasteiger partial charge in [-0.05, 0) is 30.7 Å². The number of rotatable bonds is 7. The molecule has 3 aromatic carbocycles. The predicted octanol–water partition coefficient (Wildman–Crippen LogP) is 4.05. The van der Waals surface area contributed by atoms with Gasteiger partial charge in [0.05, 0.1) is 5.52 Å². The van der Waals surface area contributed by atoms with Crippen LogP contribution < -0.4 is 15.8 Å². The van der Waals surface area contributed by atoms with Gasteiger partial charge < -0.3 is 14.5 Å². The number of para-hydroxylation sites is 3. The molecule has 1 atom stereocenters. The number of hydrogen-bond acceptors (Lipinski definition) is 4. The fourth-order valence-corrected chi connectivity index (χ4v) is 3.32. The van der Waals surface area contributed by atoms with Gasteiger partial charge in [0.1, 0.15) is 18.4 Å². The van der Waals surface area contributed by atoms with Gasteiger partial charge in [0.2, 0.25) is 5.91 Å². The van der Waals surface area contributed by atoms with Gasteiger partial charge in [-0.3, -0.25) is 9.36 Å². The molecule has 0 saturated carbocycles. The van der Waals surface area contributed by atoms with Crippen LogP contribution in [-0.4, -0.2) is 10.5 Å². The largest absolute Gasteiger partial charge is 0.489 e. The van der Waals surface area contributed by atoms with E-state index in [1.165, 1.54) is 4.57 Å². The van der Waals surface area contributed by atoms with Crippen LogP contribution in [0, 0.1) is 0 Å². The topological polar surface area (TPSA) is 73.5 Å². The number of hydrogen-bond donors (Lipinski definition) is 1. The number of amides is 1. The molecule has 0 aliphatic carbocycles. The van der Waals surface area contributed by atoms with Crippen molar-refractivity contribution in [3.63, 3.8) is 0 Å². The Morgan fingerprint density at radius 1 is 1.00 bits per heavy atom. The Balaban J connectivity index is 1.45. The zero-order chi connectivity index (χ0) is 20.9. The molecule has 1 amide bonds. The molecule has 6 nitrogen and oxygen atoms in total. The maximum absolute atomic E-state index is 12.7. The van der Waals surface area contributed by atoms with E-state index < -0.39 is 11.8 Å². The molecule has 1 heterocycles. The third-order valence-electron chi connectivity index (χ3n) is 4.95. The molecule has 1 aromatic heterocycles. The quantitative estimate of drug-likeness (QED) is 0.506. The molecule has 4 aromatic rings. The third kappa shape index (κ3) is 4.12. The molecule has 0 aliphatic heterocycles. The Hall–Kier alpha value is -3.80. The highest BCUT2D eigenvalue weighted by Crippen LogP contribution is 2.20. The molecule has 1 N–H and O–H groups in total. The van der Waals surface area contributed by atoms with Crippen LogP contribution in [0.1, 0.15) is 24.1 Å². The van der Waals surface area contributed by atoms with Gasteiger partial charge in [-0.1, -0.05) is 60.7 Å². The number of oxazole rings is 1. The number of nitrogens with zero attached hydrogens (tertiary/aromatic N) is 1. The standard InChI is InChI=1S/C24H22N2O4/c1-17(26-20-12-6-8-14-22(20)30-24(26)28)23(27)25-15-19-11-5-7-13-21(19)29-16-18-9-3-2-4-10-18/h2-14,17H,15-16H2,1H3,(H,25,27). The highest BCUT2D eigenvalue weighted by Gasteiger charge is 2.21. The predicted molar refractivity (Wildman–Crippen MR) is 114 cm³/mol. The van der Waals surface area contributed by atoms with Gasteiger partial charge in [0.25, 0.3) is 0 Å². The van der Waals surface area contributed by atoms with Crippen molar-refractivity contribution in [1.82, 2.24) is 9.88 Å². The van der Waals surface area contributed by atoms with E-state index in [1.807, 2.05) is 54.6 Å². The first-order valence-corrected chi connectivity index (χ1v) is 9.76. The molecular formula is C24H22N2O4. The van der Waals surface area contributed by atoms with Crippen molar-refractivity contribution in [3.05, 3.63) is 101 Å². The van der Waals surface area contributed by atoms with Gasteiger partial charge in [0, 0.05) is 12.1 Å². The summed E-state index contributed by atoms with van der Waals surface area (Å²) in [6.45, 7) is 2.41. The first-order chi connectivity index (χ1) is 14.6. The first-order valence-electron chi connectivity index (χ1n) is 9.76. The average Bonchev–Trinajstić information content (AvgIpc) is 3.12. The van der Waals surface area contributed by atoms with Gasteiger partial charge in [-0.25, -0.2) is 4.79 Å². The van der Waals surface area contributed by atoms with Gasteiger partial charge in [-0.2, -0.15) is 0 Å². The summed E-state index contributed by atoms with van der Waals surface area (Å²) in [5, 5.41) is 2.90. The Morgan fingerprint density at radius 2 is 1.70 bits per heavy atom. The Labute approximate surface area is 173 Å². The van der Waals surface area contributed by atoms with E-state index in [4.69, 9.17) is 9.15 Å². The lowest BCUT2D eigenvalue weighted by Gasteiger charge is -2.15. The van der Waals surface area contributed by atoms with Crippen molar-refractivity contribution in [3.8, 4) is 5.75 Å². The van der Waals surface area contributed by atoms with Crippen molar-refractivity contribution >= 4 is 17.0 Å². The fraction of sp³-hybridized carbons (Fsp3) is 0.167. The second-order valence-corrected chi connectivity index (χ2v) is 6.98. The van der Waals surface area contributed by atoms with E-state index in [-0.39, 0.29) is 5.91 Å². The minimum atomic E-state index is -0.710. The number of fused-ring (bicyclic) bond motifs is 1. The van der Waals surface area contributed by atoms with E-state index in [2.05, 4.69) is 5.32 Å². The lowest BCUT2D eigenvalue weighted by Crippen LogP contribution is -2.34. The molecule has 30 heavy (non-hydrogen) atoms. The highest BCUT2D eigenvalue weighted by atomic mass is 16.5. The number of nitrogens with one attached hydrogen (secondary N) is 1. The first kappa shape index (κ1) is 19.5. The average molecular weight is 402 g/mol. The van der Waals surface area contributed by atoms with Crippen molar-refractivity contribution in [2.24, 2.45) is 0 Å². The Morgan fingerprint density at radius 3 is 2.53 bits per heavy atom. The molecule has 0 spiro atoms. The van der Waals surface area contributed by atoms with Crippen LogP contribution in [0.4, 0.5) is 0 Å². The van der Waals surface area contributed by atoms with Crippen molar-refractivity contribution in [1.29, 1.82) is 0 Å². The molecule has 4 rings (SSSR count). The summed E-state index contributed by atoms with van der Waals surface area (Å²) < 4.78 is 12.5. The van der Waals surface area contributed by atoms with Gasteiger partial charge in [-0.15, -0.1) is 0 Å². The zero-order valence-electron chi connectivity index (χ0n) is 16.6. The summed E-state index contributed by atoms with van der Waals surface area (Å²) in [6, 6.07) is 23.8. The number of benzene rings is 3. The van der Waals surface area contributed by atoms with E-state index >= 15 is 0 Å². The van der Waals surface area contributed by atoms with E-state index in [9.17, 15) is 9.59 Å². The van der Waals surface area contributed by atoms with E-state index in [1.54, 1.807) is 31.2 Å². The lowest BCUT2D eigenvalue weighted by atomic mass is 10.2. The molecule has 0 saturated heterocycles. The highest BCUT2D eigenvalue weighted by molar-refractivity contribution is 5.82. The molecule has 0 aliphatic rings. The summed E-state index contributed by atoms with van der Waals surface area (Å²) in [6.07, 6.45) is 0. The fourth-order valence-electron chi connectivity index (χ4n) is 3.32. The molecule has 152 valence electrons. The van der Waals surface area contributed by atoms with Crippen LogP contribution in [0.3, 0.4) is 0 Å². The van der Waals surface area contributed by atoms with Crippen molar-refractivity contribution < 1.29 is 13.9 Å². The summed E-state index contributed by atoms with van der Waals surface area (Å²) in [7, 11) is 0. The number of ether oxygens (including phenoxy) is 1. The molecule has 0 fully saturated rings. The van der Waals surface area contributed by atoms with Crippen LogP contribution in [-0.2, 0) is 17.9 Å². The molecular weight excluding hydrogens is 380 g/mol. The minimum absolute atomic E-state index is 0.276. The smallest absolute Gasteiger partial charge is 0.420 e. The molecule has 1 unspecified atom stereocenters.